The second kappa shape index (κ2) is 7.41. The highest BCUT2D eigenvalue weighted by Gasteiger charge is 2.24. The van der Waals surface area contributed by atoms with Crippen LogP contribution in [0.1, 0.15) is 31.7 Å². The van der Waals surface area contributed by atoms with Gasteiger partial charge in [0.1, 0.15) is 0 Å². The molecule has 0 radical (unpaired) electrons. The minimum Gasteiger partial charge on any atom is -0.387 e. The van der Waals surface area contributed by atoms with Gasteiger partial charge in [-0.2, -0.15) is 0 Å². The second-order valence-corrected chi connectivity index (χ2v) is 5.82. The number of benzene rings is 1. The summed E-state index contributed by atoms with van der Waals surface area (Å²) in [7, 11) is 3.80. The summed E-state index contributed by atoms with van der Waals surface area (Å²) in [6.45, 7) is 4.49. The van der Waals surface area contributed by atoms with E-state index in [4.69, 9.17) is 0 Å². The largest absolute Gasteiger partial charge is 0.387 e. The zero-order valence-corrected chi connectivity index (χ0v) is 12.9. The minimum atomic E-state index is -0.922. The topological polar surface area (TPSA) is 52.6 Å². The zero-order valence-electron chi connectivity index (χ0n) is 12.9. The lowest BCUT2D eigenvalue weighted by molar-refractivity contribution is -0.123. The van der Waals surface area contributed by atoms with Gasteiger partial charge in [-0.25, -0.2) is 0 Å². The molecule has 4 nitrogen and oxygen atoms in total. The van der Waals surface area contributed by atoms with E-state index in [2.05, 4.69) is 5.32 Å². The number of nitrogens with one attached hydrogen (secondary N) is 1. The van der Waals surface area contributed by atoms with E-state index in [1.165, 1.54) is 0 Å². The van der Waals surface area contributed by atoms with Gasteiger partial charge in [-0.1, -0.05) is 37.3 Å². The van der Waals surface area contributed by atoms with Crippen molar-refractivity contribution in [2.45, 2.75) is 31.8 Å². The summed E-state index contributed by atoms with van der Waals surface area (Å²) in [6, 6.07) is 9.74. The van der Waals surface area contributed by atoms with Gasteiger partial charge in [0.25, 0.3) is 0 Å². The Morgan fingerprint density at radius 3 is 2.45 bits per heavy atom. The van der Waals surface area contributed by atoms with E-state index in [1.54, 1.807) is 6.92 Å². The van der Waals surface area contributed by atoms with Crippen LogP contribution in [0.25, 0.3) is 0 Å². The maximum atomic E-state index is 12.3. The number of carbonyl (C=O) groups is 1. The first kappa shape index (κ1) is 16.7. The van der Waals surface area contributed by atoms with E-state index in [-0.39, 0.29) is 18.4 Å². The van der Waals surface area contributed by atoms with Crippen LogP contribution in [0, 0.1) is 0 Å². The van der Waals surface area contributed by atoms with Gasteiger partial charge in [-0.05, 0) is 33.0 Å². The SMILES string of the molecule is CCC(C(=O)NCC(C)(O)CN(C)C)c1ccccc1. The van der Waals surface area contributed by atoms with Crippen molar-refractivity contribution in [2.24, 2.45) is 0 Å². The van der Waals surface area contributed by atoms with Crippen LogP contribution in [0.5, 0.6) is 0 Å². The maximum Gasteiger partial charge on any atom is 0.227 e. The van der Waals surface area contributed by atoms with Crippen LogP contribution in [0.2, 0.25) is 0 Å². The van der Waals surface area contributed by atoms with Gasteiger partial charge in [-0.3, -0.25) is 4.79 Å². The highest BCUT2D eigenvalue weighted by atomic mass is 16.3. The van der Waals surface area contributed by atoms with E-state index in [1.807, 2.05) is 56.3 Å². The highest BCUT2D eigenvalue weighted by molar-refractivity contribution is 5.83. The molecule has 0 spiro atoms. The fourth-order valence-corrected chi connectivity index (χ4v) is 2.40. The van der Waals surface area contributed by atoms with Gasteiger partial charge in [-0.15, -0.1) is 0 Å². The molecule has 0 fully saturated rings. The molecule has 1 aromatic carbocycles. The van der Waals surface area contributed by atoms with Gasteiger partial charge in [0.15, 0.2) is 0 Å². The first-order valence-electron chi connectivity index (χ1n) is 7.05. The van der Waals surface area contributed by atoms with Crippen LogP contribution in [0.4, 0.5) is 0 Å². The summed E-state index contributed by atoms with van der Waals surface area (Å²) < 4.78 is 0. The van der Waals surface area contributed by atoms with Crippen LogP contribution in [-0.2, 0) is 4.79 Å². The average Bonchev–Trinajstić information content (AvgIpc) is 2.37. The van der Waals surface area contributed by atoms with Crippen molar-refractivity contribution in [1.29, 1.82) is 0 Å². The molecule has 1 aromatic rings. The molecule has 0 saturated carbocycles. The Morgan fingerprint density at radius 2 is 1.95 bits per heavy atom. The molecule has 112 valence electrons. The van der Waals surface area contributed by atoms with E-state index in [0.717, 1.165) is 12.0 Å². The standard InChI is InChI=1S/C16H26N2O2/c1-5-14(13-9-7-6-8-10-13)15(19)17-11-16(2,20)12-18(3)4/h6-10,14,20H,5,11-12H2,1-4H3,(H,17,19). The van der Waals surface area contributed by atoms with Crippen molar-refractivity contribution in [3.8, 4) is 0 Å². The molecule has 0 heterocycles. The molecule has 0 aromatic heterocycles. The third-order valence-corrected chi connectivity index (χ3v) is 3.23. The first-order chi connectivity index (χ1) is 9.35. The van der Waals surface area contributed by atoms with Gasteiger partial charge in [0.2, 0.25) is 5.91 Å². The van der Waals surface area contributed by atoms with Crippen LogP contribution >= 0.6 is 0 Å². The van der Waals surface area contributed by atoms with Gasteiger partial charge in [0, 0.05) is 13.1 Å². The van der Waals surface area contributed by atoms with Crippen molar-refractivity contribution in [1.82, 2.24) is 10.2 Å². The molecule has 1 rings (SSSR count). The van der Waals surface area contributed by atoms with Crippen LogP contribution < -0.4 is 5.32 Å². The number of carbonyl (C=O) groups excluding carboxylic acids is 1. The lowest BCUT2D eigenvalue weighted by atomic mass is 9.95. The van der Waals surface area contributed by atoms with Crippen molar-refractivity contribution in [3.05, 3.63) is 35.9 Å². The third kappa shape index (κ3) is 5.31. The summed E-state index contributed by atoms with van der Waals surface area (Å²) in [6.07, 6.45) is 0.742. The van der Waals surface area contributed by atoms with Crippen molar-refractivity contribution < 1.29 is 9.90 Å². The van der Waals surface area contributed by atoms with E-state index in [9.17, 15) is 9.90 Å². The lowest BCUT2D eigenvalue weighted by Crippen LogP contribution is -2.48. The monoisotopic (exact) mass is 278 g/mol. The number of nitrogens with zero attached hydrogens (tertiary/aromatic N) is 1. The number of likely N-dealkylation sites (N-methyl/N-ethyl adjacent to an activating group) is 1. The highest BCUT2D eigenvalue weighted by Crippen LogP contribution is 2.19. The minimum absolute atomic E-state index is 0.0299. The normalized spacial score (nSPS) is 15.7. The average molecular weight is 278 g/mol. The molecular weight excluding hydrogens is 252 g/mol. The summed E-state index contributed by atoms with van der Waals surface area (Å²) in [5, 5.41) is 13.1. The Hall–Kier alpha value is -1.39. The number of amides is 1. The molecule has 2 N–H and O–H groups in total. The van der Waals surface area contributed by atoms with Crippen LogP contribution in [-0.4, -0.2) is 48.7 Å². The Labute approximate surface area is 121 Å². The lowest BCUT2D eigenvalue weighted by Gasteiger charge is -2.28. The molecule has 0 bridgehead atoms. The van der Waals surface area contributed by atoms with E-state index in [0.29, 0.717) is 6.54 Å². The third-order valence-electron chi connectivity index (χ3n) is 3.23. The fraction of sp³-hybridized carbons (Fsp3) is 0.562. The van der Waals surface area contributed by atoms with Gasteiger partial charge in [0.05, 0.1) is 11.5 Å². The van der Waals surface area contributed by atoms with Crippen molar-refractivity contribution >= 4 is 5.91 Å². The molecule has 2 atom stereocenters. The van der Waals surface area contributed by atoms with Gasteiger partial charge >= 0.3 is 0 Å². The molecule has 2 unspecified atom stereocenters. The summed E-state index contributed by atoms with van der Waals surface area (Å²) >= 11 is 0. The van der Waals surface area contributed by atoms with Crippen LogP contribution in [0.15, 0.2) is 30.3 Å². The summed E-state index contributed by atoms with van der Waals surface area (Å²) in [5.74, 6) is -0.191. The smallest absolute Gasteiger partial charge is 0.227 e. The Balaban J connectivity index is 2.61. The summed E-state index contributed by atoms with van der Waals surface area (Å²) in [4.78, 5) is 14.2. The number of hydrogen-bond donors (Lipinski definition) is 2. The Morgan fingerprint density at radius 1 is 1.35 bits per heavy atom. The fourth-order valence-electron chi connectivity index (χ4n) is 2.40. The Kier molecular flexibility index (Phi) is 6.17. The first-order valence-corrected chi connectivity index (χ1v) is 7.05. The second-order valence-electron chi connectivity index (χ2n) is 5.82. The predicted molar refractivity (Wildman–Crippen MR) is 81.7 cm³/mol. The molecule has 0 aliphatic rings. The number of aliphatic hydroxyl groups is 1. The summed E-state index contributed by atoms with van der Waals surface area (Å²) in [5.41, 5.74) is 0.0912. The van der Waals surface area contributed by atoms with Gasteiger partial charge < -0.3 is 15.3 Å². The quantitative estimate of drug-likeness (QED) is 0.797. The van der Waals surface area contributed by atoms with E-state index >= 15 is 0 Å². The van der Waals surface area contributed by atoms with Crippen molar-refractivity contribution in [2.75, 3.05) is 27.2 Å². The molecule has 0 aliphatic carbocycles. The van der Waals surface area contributed by atoms with Crippen LogP contribution in [0.3, 0.4) is 0 Å². The molecule has 0 saturated heterocycles. The maximum absolute atomic E-state index is 12.3. The molecule has 20 heavy (non-hydrogen) atoms. The number of rotatable bonds is 7. The Bertz CT molecular complexity index is 416. The predicted octanol–water partition coefficient (Wildman–Crippen LogP) is 1.61. The molecular formula is C16H26N2O2. The van der Waals surface area contributed by atoms with Crippen molar-refractivity contribution in [3.63, 3.8) is 0 Å². The zero-order chi connectivity index (χ0) is 15.2. The number of hydrogen-bond acceptors (Lipinski definition) is 3. The molecule has 1 amide bonds. The van der Waals surface area contributed by atoms with E-state index < -0.39 is 5.60 Å². The molecule has 4 heteroatoms. The molecule has 0 aliphatic heterocycles.